The second-order valence-corrected chi connectivity index (χ2v) is 10.1. The van der Waals surface area contributed by atoms with Gasteiger partial charge in [0.15, 0.2) is 18.3 Å². The lowest BCUT2D eigenvalue weighted by atomic mass is 10.1. The van der Waals surface area contributed by atoms with E-state index in [1.807, 2.05) is 9.80 Å². The second-order valence-electron chi connectivity index (χ2n) is 10.1. The molecule has 2 fully saturated rings. The van der Waals surface area contributed by atoms with E-state index in [2.05, 4.69) is 14.7 Å². The molecule has 0 amide bonds. The predicted molar refractivity (Wildman–Crippen MR) is 147 cm³/mol. The van der Waals surface area contributed by atoms with Gasteiger partial charge in [-0.05, 0) is 12.1 Å². The van der Waals surface area contributed by atoms with E-state index in [-0.39, 0.29) is 29.1 Å². The van der Waals surface area contributed by atoms with Gasteiger partial charge in [-0.2, -0.15) is 5.10 Å². The average molecular weight is 572 g/mol. The molecule has 2 saturated heterocycles. The third-order valence-corrected chi connectivity index (χ3v) is 7.58. The Morgan fingerprint density at radius 1 is 1.07 bits per heavy atom. The number of hydrogen-bond acceptors (Lipinski definition) is 11. The van der Waals surface area contributed by atoms with Crippen LogP contribution in [-0.4, -0.2) is 103 Å². The van der Waals surface area contributed by atoms with Gasteiger partial charge in [-0.1, -0.05) is 0 Å². The fourth-order valence-electron chi connectivity index (χ4n) is 5.45. The molecule has 0 saturated carbocycles. The van der Waals surface area contributed by atoms with Gasteiger partial charge in [0.25, 0.3) is 5.56 Å². The average Bonchev–Trinajstić information content (AvgIpc) is 2.97. The molecule has 1 N–H and O–H groups in total. The molecule has 3 aliphatic heterocycles. The number of rotatable bonds is 6. The van der Waals surface area contributed by atoms with Crippen LogP contribution in [0.2, 0.25) is 0 Å². The number of benzene rings is 1. The van der Waals surface area contributed by atoms with Crippen LogP contribution in [-0.2, 0) is 11.3 Å². The Bertz CT molecular complexity index is 1600. The minimum Gasteiger partial charge on any atom is -0.467 e. The molecular weight excluding hydrogens is 541 g/mol. The number of ether oxygens (including phenoxy) is 3. The number of aromatic nitrogens is 3. The van der Waals surface area contributed by atoms with Crippen molar-refractivity contribution in [3.8, 4) is 11.5 Å². The van der Waals surface area contributed by atoms with Crippen molar-refractivity contribution < 1.29 is 28.5 Å². The van der Waals surface area contributed by atoms with Gasteiger partial charge in [0, 0.05) is 58.9 Å². The molecule has 41 heavy (non-hydrogen) atoms. The van der Waals surface area contributed by atoms with Crippen LogP contribution in [0.4, 0.5) is 20.7 Å². The number of halogens is 1. The van der Waals surface area contributed by atoms with Crippen molar-refractivity contribution in [1.29, 1.82) is 0 Å². The fraction of sp³-hybridized carbons (Fsp3) is 0.462. The Kier molecular flexibility index (Phi) is 7.13. The Hall–Kier alpha value is -4.37. The number of nitrogens with zero attached hydrogens (tertiary/aromatic N) is 7. The van der Waals surface area contributed by atoms with Gasteiger partial charge in [0.05, 0.1) is 31.3 Å². The van der Waals surface area contributed by atoms with Gasteiger partial charge < -0.3 is 29.1 Å². The van der Waals surface area contributed by atoms with Crippen molar-refractivity contribution in [2.75, 3.05) is 87.6 Å². The summed E-state index contributed by atoms with van der Waals surface area (Å²) in [4.78, 5) is 42.6. The lowest BCUT2D eigenvalue weighted by Gasteiger charge is -2.39. The quantitative estimate of drug-likeness (QED) is 0.409. The summed E-state index contributed by atoms with van der Waals surface area (Å²) in [5.41, 5.74) is -0.352. The molecule has 15 heteroatoms. The molecule has 1 aromatic carbocycles. The summed E-state index contributed by atoms with van der Waals surface area (Å²) in [5, 5.41) is 15.2. The molecule has 6 rings (SSSR count). The van der Waals surface area contributed by atoms with E-state index in [0.717, 1.165) is 19.2 Å². The second kappa shape index (κ2) is 10.9. The van der Waals surface area contributed by atoms with Crippen LogP contribution in [0.15, 0.2) is 34.0 Å². The van der Waals surface area contributed by atoms with E-state index in [4.69, 9.17) is 14.6 Å². The van der Waals surface area contributed by atoms with Crippen LogP contribution in [0.5, 0.6) is 11.5 Å². The van der Waals surface area contributed by atoms with Gasteiger partial charge in [-0.3, -0.25) is 24.2 Å². The summed E-state index contributed by atoms with van der Waals surface area (Å²) in [6.45, 7) is 6.18. The zero-order chi connectivity index (χ0) is 28.7. The zero-order valence-corrected chi connectivity index (χ0v) is 22.5. The molecule has 0 atom stereocenters. The molecule has 0 bridgehead atoms. The third-order valence-electron chi connectivity index (χ3n) is 7.58. The van der Waals surface area contributed by atoms with Crippen molar-refractivity contribution in [2.24, 2.45) is 0 Å². The minimum absolute atomic E-state index is 0.0455. The highest BCUT2D eigenvalue weighted by Crippen LogP contribution is 2.40. The lowest BCUT2D eigenvalue weighted by Crippen LogP contribution is -2.48. The van der Waals surface area contributed by atoms with Crippen molar-refractivity contribution >= 4 is 28.6 Å². The number of piperazine rings is 1. The van der Waals surface area contributed by atoms with Crippen LogP contribution >= 0.6 is 0 Å². The molecule has 0 spiro atoms. The maximum absolute atomic E-state index is 15.6. The molecule has 218 valence electrons. The summed E-state index contributed by atoms with van der Waals surface area (Å²) in [6.07, 6.45) is -0.370. The molecule has 0 radical (unpaired) electrons. The monoisotopic (exact) mass is 571 g/mol. The normalized spacial score (nSPS) is 17.6. The molecule has 2 aromatic heterocycles. The maximum atomic E-state index is 15.6. The van der Waals surface area contributed by atoms with Gasteiger partial charge >= 0.3 is 6.16 Å². The number of carboxylic acid groups (broad SMARTS) is 1. The van der Waals surface area contributed by atoms with Crippen molar-refractivity contribution in [3.05, 3.63) is 50.8 Å². The Balaban J connectivity index is 1.23. The molecule has 0 aliphatic carbocycles. The molecule has 3 aliphatic rings. The minimum atomic E-state index is -1.64. The first-order valence-electron chi connectivity index (χ1n) is 13.3. The Morgan fingerprint density at radius 2 is 1.80 bits per heavy atom. The zero-order valence-electron chi connectivity index (χ0n) is 22.5. The number of hydrogen-bond donors (Lipinski definition) is 1. The first kappa shape index (κ1) is 26.8. The summed E-state index contributed by atoms with van der Waals surface area (Å²) >= 11 is 0. The number of carbonyl (C=O) groups is 1. The number of pyridine rings is 1. The SMILES string of the molecule is CN1COc2c(N3CCN(c4ccc(=O)n(CCN5CCOCC5)n4)CC3)c(F)cc3c(=O)c(OC(=O)O)cn1c23. The topological polar surface area (TPSA) is 135 Å². The van der Waals surface area contributed by atoms with E-state index in [1.165, 1.54) is 21.6 Å². The maximum Gasteiger partial charge on any atom is 0.511 e. The molecule has 0 unspecified atom stereocenters. The first-order valence-corrected chi connectivity index (χ1v) is 13.3. The lowest BCUT2D eigenvalue weighted by molar-refractivity contribution is 0.0358. The molecule has 3 aromatic rings. The standard InChI is InChI=1S/C26H30FN7O7/c1-29-16-40-25-22-17(24(36)19(15-34(22)29)41-26(37)38)14-18(27)23(25)32-7-5-31(6-8-32)20-2-3-21(35)33(28-20)9-4-30-10-12-39-13-11-30/h2-3,14-15H,4-13,16H2,1H3,(H,37,38). The highest BCUT2D eigenvalue weighted by atomic mass is 19.1. The van der Waals surface area contributed by atoms with E-state index in [9.17, 15) is 14.4 Å². The molecule has 14 nitrogen and oxygen atoms in total. The van der Waals surface area contributed by atoms with E-state index < -0.39 is 23.2 Å². The third kappa shape index (κ3) is 5.13. The molecular formula is C26H30FN7O7. The number of morpholine rings is 1. The molecule has 5 heterocycles. The van der Waals surface area contributed by atoms with Gasteiger partial charge in [-0.25, -0.2) is 13.9 Å². The van der Waals surface area contributed by atoms with E-state index in [1.54, 1.807) is 18.1 Å². The summed E-state index contributed by atoms with van der Waals surface area (Å²) in [7, 11) is 1.69. The fourth-order valence-corrected chi connectivity index (χ4v) is 5.45. The smallest absolute Gasteiger partial charge is 0.467 e. The highest BCUT2D eigenvalue weighted by molar-refractivity contribution is 5.93. The van der Waals surface area contributed by atoms with Gasteiger partial charge in [0.1, 0.15) is 17.0 Å². The van der Waals surface area contributed by atoms with E-state index >= 15 is 4.39 Å². The van der Waals surface area contributed by atoms with Crippen LogP contribution in [0.25, 0.3) is 10.9 Å². The van der Waals surface area contributed by atoms with E-state index in [0.29, 0.717) is 63.8 Å². The Labute approximate surface area is 233 Å². The highest BCUT2D eigenvalue weighted by Gasteiger charge is 2.31. The largest absolute Gasteiger partial charge is 0.511 e. The predicted octanol–water partition coefficient (Wildman–Crippen LogP) is 0.331. The van der Waals surface area contributed by atoms with Crippen LogP contribution in [0.3, 0.4) is 0 Å². The number of anilines is 2. The van der Waals surface area contributed by atoms with Crippen LogP contribution in [0.1, 0.15) is 0 Å². The van der Waals surface area contributed by atoms with Gasteiger partial charge in [-0.15, -0.1) is 0 Å². The van der Waals surface area contributed by atoms with Crippen molar-refractivity contribution in [2.45, 2.75) is 6.54 Å². The summed E-state index contributed by atoms with van der Waals surface area (Å²) in [5.74, 6) is -0.204. The van der Waals surface area contributed by atoms with Crippen LogP contribution in [0, 0.1) is 5.82 Å². The Morgan fingerprint density at radius 3 is 2.54 bits per heavy atom. The van der Waals surface area contributed by atoms with Crippen molar-refractivity contribution in [1.82, 2.24) is 19.4 Å². The first-order chi connectivity index (χ1) is 19.8. The van der Waals surface area contributed by atoms with Gasteiger partial charge in [0.2, 0.25) is 11.2 Å². The van der Waals surface area contributed by atoms with Crippen molar-refractivity contribution in [3.63, 3.8) is 0 Å². The van der Waals surface area contributed by atoms with Crippen LogP contribution < -0.4 is 35.3 Å². The summed E-state index contributed by atoms with van der Waals surface area (Å²) in [6, 6.07) is 4.33. The summed E-state index contributed by atoms with van der Waals surface area (Å²) < 4.78 is 34.6.